The second-order valence-electron chi connectivity index (χ2n) is 21.3. The van der Waals surface area contributed by atoms with E-state index < -0.39 is 0 Å². The lowest BCUT2D eigenvalue weighted by Gasteiger charge is -2.17. The van der Waals surface area contributed by atoms with E-state index >= 15 is 0 Å². The number of imidazole rings is 2. The average Bonchev–Trinajstić information content (AvgIpc) is 2.10. The van der Waals surface area contributed by atoms with Crippen molar-refractivity contribution in [2.75, 3.05) is 0 Å². The van der Waals surface area contributed by atoms with E-state index in [1.165, 1.54) is 66.3 Å². The van der Waals surface area contributed by atoms with E-state index in [1.54, 1.807) is 12.2 Å². The van der Waals surface area contributed by atoms with Crippen LogP contribution in [0, 0.1) is 0 Å². The van der Waals surface area contributed by atoms with Crippen molar-refractivity contribution in [2.45, 2.75) is 26.7 Å². The third kappa shape index (κ3) is 10.5. The van der Waals surface area contributed by atoms with Gasteiger partial charge in [-0.05, 0) is 173 Å². The van der Waals surface area contributed by atoms with Crippen molar-refractivity contribution in [3.63, 3.8) is 0 Å². The first kappa shape index (κ1) is 53.4. The molecular formula is C80H63N5. The zero-order valence-electron chi connectivity index (χ0n) is 47.9. The number of aromatic nitrogens is 5. The highest BCUT2D eigenvalue weighted by Gasteiger charge is 2.26. The number of hydrogen-bond donors (Lipinski definition) is 0. The summed E-state index contributed by atoms with van der Waals surface area (Å²) in [5.41, 5.74) is 24.1. The zero-order valence-corrected chi connectivity index (χ0v) is 47.9. The first-order valence-corrected chi connectivity index (χ1v) is 29.2. The summed E-state index contributed by atoms with van der Waals surface area (Å²) in [5.74, 6) is 1.84. The molecule has 11 aromatic carbocycles. The Labute approximate surface area is 497 Å². The topological polar surface area (TPSA) is 40.6 Å². The van der Waals surface area contributed by atoms with E-state index in [4.69, 9.17) is 9.97 Å². The van der Waals surface area contributed by atoms with Crippen LogP contribution in [0.5, 0.6) is 0 Å². The van der Waals surface area contributed by atoms with Crippen LogP contribution >= 0.6 is 0 Å². The van der Waals surface area contributed by atoms with Gasteiger partial charge >= 0.3 is 0 Å². The van der Waals surface area contributed by atoms with E-state index in [-0.39, 0.29) is 0 Å². The largest absolute Gasteiger partial charge is 0.309 e. The van der Waals surface area contributed by atoms with Gasteiger partial charge in [0.15, 0.2) is 0 Å². The summed E-state index contributed by atoms with van der Waals surface area (Å²) in [6, 6.07) is 94.5. The fourth-order valence-corrected chi connectivity index (χ4v) is 12.1. The molecule has 14 aromatic rings. The molecular weight excluding hydrogens is 1030 g/mol. The quantitative estimate of drug-likeness (QED) is 0.121. The maximum atomic E-state index is 5.27. The van der Waals surface area contributed by atoms with Crippen LogP contribution in [0.2, 0.25) is 0 Å². The monoisotopic (exact) mass is 1090 g/mol. The lowest BCUT2D eigenvalue weighted by molar-refractivity contribution is 0.970. The number of nitrogens with zero attached hydrogens (tertiary/aromatic N) is 5. The predicted molar refractivity (Wildman–Crippen MR) is 360 cm³/mol. The fourth-order valence-electron chi connectivity index (χ4n) is 12.1. The van der Waals surface area contributed by atoms with E-state index in [9.17, 15) is 0 Å². The van der Waals surface area contributed by atoms with Gasteiger partial charge < -0.3 is 4.57 Å². The lowest BCUT2D eigenvalue weighted by Crippen LogP contribution is -2.00. The second-order valence-corrected chi connectivity index (χ2v) is 21.3. The number of rotatable bonds is 11. The Hall–Kier alpha value is -10.9. The van der Waals surface area contributed by atoms with Crippen LogP contribution in [0.3, 0.4) is 0 Å². The van der Waals surface area contributed by atoms with Gasteiger partial charge in [0, 0.05) is 39.0 Å². The molecule has 85 heavy (non-hydrogen) atoms. The third-order valence-electron chi connectivity index (χ3n) is 15.9. The van der Waals surface area contributed by atoms with Crippen molar-refractivity contribution >= 4 is 43.9 Å². The van der Waals surface area contributed by atoms with Crippen LogP contribution in [-0.2, 0) is 12.8 Å². The molecule has 5 heteroatoms. The number of allylic oxidation sites excluding steroid dienone is 6. The van der Waals surface area contributed by atoms with Crippen molar-refractivity contribution < 1.29 is 0 Å². The van der Waals surface area contributed by atoms with Gasteiger partial charge in [0.1, 0.15) is 11.6 Å². The number of aryl methyl sites for hydroxylation is 2. The van der Waals surface area contributed by atoms with Gasteiger partial charge in [-0.2, -0.15) is 0 Å². The van der Waals surface area contributed by atoms with Gasteiger partial charge in [-0.3, -0.25) is 9.13 Å². The smallest absolute Gasteiger partial charge is 0.145 e. The molecule has 0 saturated carbocycles. The van der Waals surface area contributed by atoms with Crippen LogP contribution in [0.1, 0.15) is 25.0 Å². The Morgan fingerprint density at radius 3 is 1.06 bits per heavy atom. The van der Waals surface area contributed by atoms with Crippen molar-refractivity contribution in [1.82, 2.24) is 23.7 Å². The summed E-state index contributed by atoms with van der Waals surface area (Å²) in [6.45, 7) is 10.8. The molecule has 0 unspecified atom stereocenters. The Bertz CT molecular complexity index is 4510. The highest BCUT2D eigenvalue weighted by atomic mass is 15.1. The minimum atomic E-state index is 0.922. The molecule has 0 atom stereocenters. The van der Waals surface area contributed by atoms with Crippen molar-refractivity contribution in [3.8, 4) is 84.3 Å². The Morgan fingerprint density at radius 1 is 0.306 bits per heavy atom. The van der Waals surface area contributed by atoms with E-state index in [1.807, 2.05) is 38.2 Å². The molecule has 0 saturated heterocycles. The third-order valence-corrected chi connectivity index (χ3v) is 15.9. The first-order valence-electron chi connectivity index (χ1n) is 29.2. The second kappa shape index (κ2) is 23.9. The van der Waals surface area contributed by atoms with Crippen LogP contribution in [0.25, 0.3) is 128 Å². The SMILES string of the molecule is C=C/C=C\C.C=C/C=C\C.c1ccc(-c2cc(-c3ccccc3)cc(-n3c4cc(-c5cccc(-c6nc7ccccc7n6-c6ccccc6)c5)cc5c4c4c(cc(-c6cccc(-c7nc8ccccc8n7-c7ccccc7)c6)cc43)CC5)c2)cc1. The summed E-state index contributed by atoms with van der Waals surface area (Å²) in [6.07, 6.45) is 13.0. The van der Waals surface area contributed by atoms with Crippen molar-refractivity contribution in [1.29, 1.82) is 0 Å². The molecule has 1 aliphatic rings. The molecule has 0 spiro atoms. The maximum absolute atomic E-state index is 5.27. The Balaban J connectivity index is 0.000000624. The number of benzene rings is 11. The molecule has 5 nitrogen and oxygen atoms in total. The van der Waals surface area contributed by atoms with Crippen LogP contribution in [-0.4, -0.2) is 23.7 Å². The van der Waals surface area contributed by atoms with E-state index in [0.29, 0.717) is 0 Å². The molecule has 0 aliphatic heterocycles. The molecule has 15 rings (SSSR count). The summed E-state index contributed by atoms with van der Waals surface area (Å²) >= 11 is 0. The predicted octanol–water partition coefficient (Wildman–Crippen LogP) is 21.1. The van der Waals surface area contributed by atoms with Crippen molar-refractivity contribution in [3.05, 3.63) is 322 Å². The minimum Gasteiger partial charge on any atom is -0.309 e. The van der Waals surface area contributed by atoms with Gasteiger partial charge in [-0.1, -0.05) is 219 Å². The zero-order chi connectivity index (χ0) is 57.6. The molecule has 0 fully saturated rings. The molecule has 408 valence electrons. The van der Waals surface area contributed by atoms with E-state index in [0.717, 1.165) is 85.9 Å². The van der Waals surface area contributed by atoms with Crippen LogP contribution in [0.15, 0.2) is 310 Å². The van der Waals surface area contributed by atoms with Crippen LogP contribution in [0.4, 0.5) is 0 Å². The Morgan fingerprint density at radius 2 is 0.659 bits per heavy atom. The summed E-state index contributed by atoms with van der Waals surface area (Å²) in [5, 5.41) is 2.67. The molecule has 3 heterocycles. The number of hydrogen-bond acceptors (Lipinski definition) is 2. The summed E-state index contributed by atoms with van der Waals surface area (Å²) in [4.78, 5) is 10.5. The molecule has 0 bridgehead atoms. The number of fused-ring (bicyclic) bond motifs is 2. The summed E-state index contributed by atoms with van der Waals surface area (Å²) in [7, 11) is 0. The van der Waals surface area contributed by atoms with Gasteiger partial charge in [-0.15, -0.1) is 0 Å². The highest BCUT2D eigenvalue weighted by Crippen LogP contribution is 2.46. The average molecular weight is 1090 g/mol. The first-order chi connectivity index (χ1) is 42.0. The fraction of sp³-hybridized carbons (Fsp3) is 0.0500. The van der Waals surface area contributed by atoms with Gasteiger partial charge in [-0.25, -0.2) is 9.97 Å². The van der Waals surface area contributed by atoms with Gasteiger partial charge in [0.2, 0.25) is 0 Å². The van der Waals surface area contributed by atoms with Gasteiger partial charge in [0.05, 0.1) is 33.1 Å². The molecule has 0 radical (unpaired) electrons. The molecule has 3 aromatic heterocycles. The van der Waals surface area contributed by atoms with E-state index in [2.05, 4.69) is 288 Å². The standard InChI is InChI=1S/C70H47N5.2C5H8/c1-5-19-46(20-6-1)54-41-55(47-21-7-2-8-22-47)43-60(42-54)73-65-44-56(48-23-17-25-52(37-48)69-71-61-31-13-15-33-63(61)74(69)58-27-9-3-10-28-58)39-50-35-36-51-40-57(45-66(73)68(51)67(50)65)49-24-18-26-53(38-49)70-72-62-32-14-16-34-64(62)75(70)59-29-11-4-12-30-59;2*1-3-5-4-2/h1-34,37-45H,35-36H2;2*3-5H,1H2,2H3/b;2*5-4-. The van der Waals surface area contributed by atoms with Crippen LogP contribution < -0.4 is 0 Å². The number of para-hydroxylation sites is 6. The minimum absolute atomic E-state index is 0.922. The normalized spacial score (nSPS) is 11.8. The Kier molecular flexibility index (Phi) is 15.0. The van der Waals surface area contributed by atoms with Crippen molar-refractivity contribution in [2.24, 2.45) is 0 Å². The molecule has 0 N–H and O–H groups in total. The molecule has 0 amide bonds. The van der Waals surface area contributed by atoms with Gasteiger partial charge in [0.25, 0.3) is 0 Å². The lowest BCUT2D eigenvalue weighted by atomic mass is 9.87. The summed E-state index contributed by atoms with van der Waals surface area (Å²) < 4.78 is 7.14. The highest BCUT2D eigenvalue weighted by molar-refractivity contribution is 6.15. The maximum Gasteiger partial charge on any atom is 0.145 e. The molecule has 1 aliphatic carbocycles.